The first-order valence-corrected chi connectivity index (χ1v) is 7.87. The van der Waals surface area contributed by atoms with Gasteiger partial charge in [0.1, 0.15) is 4.60 Å². The van der Waals surface area contributed by atoms with E-state index in [4.69, 9.17) is 0 Å². The van der Waals surface area contributed by atoms with E-state index in [2.05, 4.69) is 46.1 Å². The first-order valence-electron chi connectivity index (χ1n) is 7.07. The molecule has 0 bridgehead atoms. The van der Waals surface area contributed by atoms with Crippen LogP contribution in [-0.4, -0.2) is 11.0 Å². The zero-order valence-corrected chi connectivity index (χ0v) is 13.0. The lowest BCUT2D eigenvalue weighted by molar-refractivity contribution is 0.444. The molecule has 1 saturated carbocycles. The molecular weight excluding hydrogens is 288 g/mol. The summed E-state index contributed by atoms with van der Waals surface area (Å²) in [6, 6.07) is 2.81. The Hall–Kier alpha value is -0.570. The maximum absolute atomic E-state index is 4.35. The lowest BCUT2D eigenvalue weighted by atomic mass is 9.98. The summed E-state index contributed by atoms with van der Waals surface area (Å²) in [6.07, 6.45) is 10.0. The van der Waals surface area contributed by atoms with Crippen LogP contribution in [0.4, 0.5) is 5.69 Å². The molecule has 2 rings (SSSR count). The summed E-state index contributed by atoms with van der Waals surface area (Å²) in [4.78, 5) is 4.35. The third-order valence-corrected chi connectivity index (χ3v) is 4.88. The molecule has 2 atom stereocenters. The molecule has 100 valence electrons. The summed E-state index contributed by atoms with van der Waals surface area (Å²) >= 11 is 3.45. The van der Waals surface area contributed by atoms with Gasteiger partial charge in [-0.05, 0) is 59.7 Å². The highest BCUT2D eigenvalue weighted by Crippen LogP contribution is 2.27. The maximum atomic E-state index is 4.35. The van der Waals surface area contributed by atoms with Crippen LogP contribution in [0.2, 0.25) is 0 Å². The Kier molecular flexibility index (Phi) is 5.04. The molecule has 3 heteroatoms. The van der Waals surface area contributed by atoms with Crippen molar-refractivity contribution >= 4 is 21.6 Å². The number of pyridine rings is 1. The second-order valence-corrected chi connectivity index (χ2v) is 6.21. The number of hydrogen-bond donors (Lipinski definition) is 1. The Morgan fingerprint density at radius 3 is 2.89 bits per heavy atom. The second kappa shape index (κ2) is 6.55. The van der Waals surface area contributed by atoms with Crippen molar-refractivity contribution in [2.75, 3.05) is 5.32 Å². The van der Waals surface area contributed by atoms with E-state index in [1.165, 1.54) is 44.1 Å². The molecule has 2 unspecified atom stereocenters. The van der Waals surface area contributed by atoms with Crippen LogP contribution in [-0.2, 0) is 0 Å². The van der Waals surface area contributed by atoms with Gasteiger partial charge >= 0.3 is 0 Å². The Balaban J connectivity index is 1.94. The van der Waals surface area contributed by atoms with Crippen LogP contribution in [0.25, 0.3) is 0 Å². The molecular formula is C15H23BrN2. The van der Waals surface area contributed by atoms with Crippen molar-refractivity contribution in [3.05, 3.63) is 22.4 Å². The highest BCUT2D eigenvalue weighted by molar-refractivity contribution is 9.10. The van der Waals surface area contributed by atoms with E-state index in [0.717, 1.165) is 16.2 Å². The van der Waals surface area contributed by atoms with Gasteiger partial charge in [0, 0.05) is 6.04 Å². The van der Waals surface area contributed by atoms with Crippen molar-refractivity contribution < 1.29 is 0 Å². The van der Waals surface area contributed by atoms with E-state index in [0.29, 0.717) is 6.04 Å². The molecule has 1 N–H and O–H groups in total. The van der Waals surface area contributed by atoms with Crippen LogP contribution in [0.5, 0.6) is 0 Å². The summed E-state index contributed by atoms with van der Waals surface area (Å²) < 4.78 is 0.944. The van der Waals surface area contributed by atoms with Crippen LogP contribution < -0.4 is 5.32 Å². The average molecular weight is 311 g/mol. The number of aryl methyl sites for hydroxylation is 1. The fourth-order valence-electron chi connectivity index (χ4n) is 2.80. The quantitative estimate of drug-likeness (QED) is 0.633. The minimum absolute atomic E-state index is 0.629. The largest absolute Gasteiger partial charge is 0.381 e. The normalized spacial score (nSPS) is 24.6. The summed E-state index contributed by atoms with van der Waals surface area (Å²) in [5.74, 6) is 0.946. The molecule has 0 aliphatic heterocycles. The third kappa shape index (κ3) is 3.71. The molecule has 18 heavy (non-hydrogen) atoms. The number of nitrogens with one attached hydrogen (secondary N) is 1. The topological polar surface area (TPSA) is 24.9 Å². The smallest absolute Gasteiger partial charge is 0.109 e. The fourth-order valence-corrected chi connectivity index (χ4v) is 3.02. The van der Waals surface area contributed by atoms with Crippen LogP contribution in [0, 0.1) is 12.8 Å². The molecule has 0 radical (unpaired) electrons. The molecule has 0 amide bonds. The van der Waals surface area contributed by atoms with Gasteiger partial charge < -0.3 is 5.32 Å². The van der Waals surface area contributed by atoms with Crippen molar-refractivity contribution in [1.82, 2.24) is 4.98 Å². The van der Waals surface area contributed by atoms with Crippen LogP contribution in [0.15, 0.2) is 16.9 Å². The number of halogens is 1. The van der Waals surface area contributed by atoms with Gasteiger partial charge in [0.2, 0.25) is 0 Å². The van der Waals surface area contributed by atoms with Crippen LogP contribution >= 0.6 is 15.9 Å². The van der Waals surface area contributed by atoms with Crippen LogP contribution in [0.1, 0.15) is 51.0 Å². The minimum Gasteiger partial charge on any atom is -0.381 e. The first-order chi connectivity index (χ1) is 8.69. The minimum atomic E-state index is 0.629. The summed E-state index contributed by atoms with van der Waals surface area (Å²) in [6.45, 7) is 4.41. The van der Waals surface area contributed by atoms with Crippen molar-refractivity contribution in [3.8, 4) is 0 Å². The van der Waals surface area contributed by atoms with E-state index in [-0.39, 0.29) is 0 Å². The van der Waals surface area contributed by atoms with Gasteiger partial charge in [-0.1, -0.05) is 26.2 Å². The summed E-state index contributed by atoms with van der Waals surface area (Å²) in [7, 11) is 0. The van der Waals surface area contributed by atoms with Crippen molar-refractivity contribution in [3.63, 3.8) is 0 Å². The standard InChI is InChI=1S/C15H23BrN2/c1-3-12-5-4-6-13(8-7-12)18-14-9-11(2)15(16)17-10-14/h9-10,12-13,18H,3-8H2,1-2H3. The number of hydrogen-bond acceptors (Lipinski definition) is 2. The Labute approximate surface area is 119 Å². The van der Waals surface area contributed by atoms with E-state index in [1.54, 1.807) is 0 Å². The number of aromatic nitrogens is 1. The first kappa shape index (κ1) is 13.9. The Morgan fingerprint density at radius 1 is 1.33 bits per heavy atom. The average Bonchev–Trinajstić information content (AvgIpc) is 2.59. The molecule has 1 aromatic heterocycles. The van der Waals surface area contributed by atoms with E-state index < -0.39 is 0 Å². The lowest BCUT2D eigenvalue weighted by Gasteiger charge is -2.18. The molecule has 0 spiro atoms. The van der Waals surface area contributed by atoms with Gasteiger partial charge in [0.25, 0.3) is 0 Å². The zero-order valence-electron chi connectivity index (χ0n) is 11.4. The van der Waals surface area contributed by atoms with Gasteiger partial charge in [-0.25, -0.2) is 4.98 Å². The predicted octanol–water partition coefficient (Wildman–Crippen LogP) is 4.92. The Bertz CT molecular complexity index is 392. The molecule has 1 fully saturated rings. The Morgan fingerprint density at radius 2 is 2.17 bits per heavy atom. The van der Waals surface area contributed by atoms with Gasteiger partial charge in [-0.2, -0.15) is 0 Å². The van der Waals surface area contributed by atoms with Gasteiger partial charge in [0.05, 0.1) is 11.9 Å². The highest BCUT2D eigenvalue weighted by Gasteiger charge is 2.17. The summed E-state index contributed by atoms with van der Waals surface area (Å²) in [5, 5.41) is 3.65. The number of nitrogens with zero attached hydrogens (tertiary/aromatic N) is 1. The maximum Gasteiger partial charge on any atom is 0.109 e. The number of rotatable bonds is 3. The fraction of sp³-hybridized carbons (Fsp3) is 0.667. The van der Waals surface area contributed by atoms with Crippen LogP contribution in [0.3, 0.4) is 0 Å². The van der Waals surface area contributed by atoms with E-state index in [9.17, 15) is 0 Å². The van der Waals surface area contributed by atoms with Gasteiger partial charge in [0.15, 0.2) is 0 Å². The molecule has 1 aliphatic carbocycles. The lowest BCUT2D eigenvalue weighted by Crippen LogP contribution is -2.18. The van der Waals surface area contributed by atoms with Gasteiger partial charge in [-0.15, -0.1) is 0 Å². The predicted molar refractivity (Wildman–Crippen MR) is 81.0 cm³/mol. The molecule has 2 nitrogen and oxygen atoms in total. The van der Waals surface area contributed by atoms with E-state index >= 15 is 0 Å². The molecule has 1 aromatic rings. The van der Waals surface area contributed by atoms with Crippen molar-refractivity contribution in [2.24, 2.45) is 5.92 Å². The molecule has 0 aromatic carbocycles. The molecule has 1 heterocycles. The molecule has 1 aliphatic rings. The van der Waals surface area contributed by atoms with Gasteiger partial charge in [-0.3, -0.25) is 0 Å². The SMILES string of the molecule is CCC1CCCC(Nc2cnc(Br)c(C)c2)CC1. The van der Waals surface area contributed by atoms with Crippen molar-refractivity contribution in [2.45, 2.75) is 58.4 Å². The zero-order chi connectivity index (χ0) is 13.0. The number of anilines is 1. The summed E-state index contributed by atoms with van der Waals surface area (Å²) in [5.41, 5.74) is 2.36. The molecule has 0 saturated heterocycles. The van der Waals surface area contributed by atoms with E-state index in [1.807, 2.05) is 6.20 Å². The third-order valence-electron chi connectivity index (χ3n) is 4.05. The van der Waals surface area contributed by atoms with Crippen molar-refractivity contribution in [1.29, 1.82) is 0 Å². The monoisotopic (exact) mass is 310 g/mol. The highest BCUT2D eigenvalue weighted by atomic mass is 79.9. The second-order valence-electron chi connectivity index (χ2n) is 5.46.